The van der Waals surface area contributed by atoms with Gasteiger partial charge in [-0.3, -0.25) is 4.79 Å². The summed E-state index contributed by atoms with van der Waals surface area (Å²) in [5, 5.41) is 12.3. The van der Waals surface area contributed by atoms with Gasteiger partial charge < -0.3 is 10.4 Å². The van der Waals surface area contributed by atoms with Gasteiger partial charge in [0.1, 0.15) is 0 Å². The number of fused-ring (bicyclic) bond motifs is 1. The van der Waals surface area contributed by atoms with Crippen molar-refractivity contribution in [2.45, 2.75) is 13.3 Å². The maximum absolute atomic E-state index is 10.4. The molecule has 0 saturated heterocycles. The molecule has 1 aromatic carbocycles. The van der Waals surface area contributed by atoms with Crippen molar-refractivity contribution in [3.05, 3.63) is 23.8 Å². The average molecular weight is 236 g/mol. The predicted octanol–water partition coefficient (Wildman–Crippen LogP) is 2.49. The van der Waals surface area contributed by atoms with E-state index in [0.717, 1.165) is 20.9 Å². The minimum Gasteiger partial charge on any atom is -0.481 e. The van der Waals surface area contributed by atoms with Crippen LogP contribution in [0.5, 0.6) is 0 Å². The fourth-order valence-electron chi connectivity index (χ4n) is 1.44. The minimum atomic E-state index is -0.801. The van der Waals surface area contributed by atoms with Gasteiger partial charge in [-0.05, 0) is 18.6 Å². The summed E-state index contributed by atoms with van der Waals surface area (Å²) in [5.74, 6) is -0.801. The number of carboxylic acids is 1. The van der Waals surface area contributed by atoms with Crippen molar-refractivity contribution >= 4 is 32.7 Å². The minimum absolute atomic E-state index is 0.106. The number of para-hydroxylation sites is 1. The molecule has 1 heterocycles. The Morgan fingerprint density at radius 1 is 1.56 bits per heavy atom. The molecule has 0 unspecified atom stereocenters. The van der Waals surface area contributed by atoms with Crippen molar-refractivity contribution in [3.63, 3.8) is 0 Å². The number of nitrogens with one attached hydrogen (secondary N) is 1. The molecular formula is C11H12N2O2S. The maximum Gasteiger partial charge on any atom is 0.305 e. The Labute approximate surface area is 96.9 Å². The Balaban J connectivity index is 2.14. The second kappa shape index (κ2) is 4.49. The van der Waals surface area contributed by atoms with Crippen LogP contribution in [0.25, 0.3) is 10.2 Å². The molecule has 84 valence electrons. The van der Waals surface area contributed by atoms with E-state index in [1.165, 1.54) is 0 Å². The molecule has 0 aliphatic heterocycles. The number of hydrogen-bond acceptors (Lipinski definition) is 4. The lowest BCUT2D eigenvalue weighted by Gasteiger charge is -1.97. The Kier molecular flexibility index (Phi) is 3.05. The van der Waals surface area contributed by atoms with Gasteiger partial charge in [-0.15, -0.1) is 0 Å². The van der Waals surface area contributed by atoms with Crippen LogP contribution in [-0.2, 0) is 4.79 Å². The molecule has 1 aromatic heterocycles. The largest absolute Gasteiger partial charge is 0.481 e. The highest BCUT2D eigenvalue weighted by Gasteiger charge is 2.05. The highest BCUT2D eigenvalue weighted by Crippen LogP contribution is 2.27. The lowest BCUT2D eigenvalue weighted by molar-refractivity contribution is -0.136. The van der Waals surface area contributed by atoms with Gasteiger partial charge in [0.25, 0.3) is 0 Å². The second-order valence-electron chi connectivity index (χ2n) is 3.51. The van der Waals surface area contributed by atoms with Gasteiger partial charge >= 0.3 is 5.97 Å². The zero-order chi connectivity index (χ0) is 11.5. The summed E-state index contributed by atoms with van der Waals surface area (Å²) in [6.07, 6.45) is 0.106. The Morgan fingerprint density at radius 3 is 3.06 bits per heavy atom. The summed E-state index contributed by atoms with van der Waals surface area (Å²) in [6, 6.07) is 6.03. The zero-order valence-corrected chi connectivity index (χ0v) is 9.67. The molecular weight excluding hydrogens is 224 g/mol. The topological polar surface area (TPSA) is 62.2 Å². The summed E-state index contributed by atoms with van der Waals surface area (Å²) in [6.45, 7) is 2.43. The number of benzene rings is 1. The number of nitrogens with zero attached hydrogens (tertiary/aromatic N) is 1. The zero-order valence-electron chi connectivity index (χ0n) is 8.86. The highest BCUT2D eigenvalue weighted by atomic mass is 32.1. The normalized spacial score (nSPS) is 10.6. The van der Waals surface area contributed by atoms with Crippen LogP contribution in [0.15, 0.2) is 18.2 Å². The molecule has 0 radical (unpaired) electrons. The van der Waals surface area contributed by atoms with Gasteiger partial charge in [0.15, 0.2) is 5.13 Å². The van der Waals surface area contributed by atoms with Gasteiger partial charge in [0, 0.05) is 6.54 Å². The summed E-state index contributed by atoms with van der Waals surface area (Å²) >= 11 is 1.55. The summed E-state index contributed by atoms with van der Waals surface area (Å²) in [5.41, 5.74) is 2.13. The van der Waals surface area contributed by atoms with E-state index < -0.39 is 5.97 Å². The number of aryl methyl sites for hydroxylation is 1. The molecule has 2 rings (SSSR count). The van der Waals surface area contributed by atoms with E-state index >= 15 is 0 Å². The lowest BCUT2D eigenvalue weighted by Crippen LogP contribution is -2.06. The highest BCUT2D eigenvalue weighted by molar-refractivity contribution is 7.22. The third-order valence-electron chi connectivity index (χ3n) is 2.24. The number of thiazole rings is 1. The van der Waals surface area contributed by atoms with Crippen molar-refractivity contribution in [2.75, 3.05) is 11.9 Å². The van der Waals surface area contributed by atoms with E-state index in [2.05, 4.69) is 10.3 Å². The molecule has 2 aromatic rings. The molecule has 0 fully saturated rings. The van der Waals surface area contributed by atoms with Gasteiger partial charge in [-0.2, -0.15) is 0 Å². The van der Waals surface area contributed by atoms with Crippen LogP contribution >= 0.6 is 11.3 Å². The quantitative estimate of drug-likeness (QED) is 0.856. The number of carbonyl (C=O) groups is 1. The molecule has 0 amide bonds. The van der Waals surface area contributed by atoms with Gasteiger partial charge in [0.2, 0.25) is 0 Å². The van der Waals surface area contributed by atoms with Crippen LogP contribution in [0.2, 0.25) is 0 Å². The standard InChI is InChI=1S/C11H12N2O2S/c1-7-3-2-4-8-10(7)13-11(16-8)12-6-5-9(14)15/h2-4H,5-6H2,1H3,(H,12,13)(H,14,15). The fraction of sp³-hybridized carbons (Fsp3) is 0.273. The Hall–Kier alpha value is -1.62. The number of aliphatic carboxylic acids is 1. The smallest absolute Gasteiger partial charge is 0.305 e. The summed E-state index contributed by atoms with van der Waals surface area (Å²) in [4.78, 5) is 14.8. The van der Waals surface area contributed by atoms with Gasteiger partial charge in [-0.25, -0.2) is 4.98 Å². The molecule has 0 saturated carbocycles. The van der Waals surface area contributed by atoms with E-state index in [0.29, 0.717) is 6.54 Å². The van der Waals surface area contributed by atoms with Crippen molar-refractivity contribution < 1.29 is 9.90 Å². The fourth-order valence-corrected chi connectivity index (χ4v) is 2.41. The molecule has 0 spiro atoms. The molecule has 5 heteroatoms. The second-order valence-corrected chi connectivity index (χ2v) is 4.54. The first-order chi connectivity index (χ1) is 7.66. The van der Waals surface area contributed by atoms with Crippen molar-refractivity contribution in [2.24, 2.45) is 0 Å². The molecule has 0 atom stereocenters. The van der Waals surface area contributed by atoms with Crippen molar-refractivity contribution in [1.29, 1.82) is 0 Å². The van der Waals surface area contributed by atoms with Crippen LogP contribution in [0.1, 0.15) is 12.0 Å². The lowest BCUT2D eigenvalue weighted by atomic mass is 10.2. The third-order valence-corrected chi connectivity index (χ3v) is 3.21. The molecule has 0 aliphatic carbocycles. The average Bonchev–Trinajstić information content (AvgIpc) is 2.61. The maximum atomic E-state index is 10.4. The molecule has 0 aliphatic rings. The monoisotopic (exact) mass is 236 g/mol. The number of rotatable bonds is 4. The first kappa shape index (κ1) is 10.9. The molecule has 2 N–H and O–H groups in total. The number of hydrogen-bond donors (Lipinski definition) is 2. The van der Waals surface area contributed by atoms with Crippen LogP contribution in [0.3, 0.4) is 0 Å². The van der Waals surface area contributed by atoms with Crippen molar-refractivity contribution in [3.8, 4) is 0 Å². The predicted molar refractivity (Wildman–Crippen MR) is 65.1 cm³/mol. The summed E-state index contributed by atoms with van der Waals surface area (Å²) in [7, 11) is 0. The van der Waals surface area contributed by atoms with Crippen LogP contribution in [0, 0.1) is 6.92 Å². The van der Waals surface area contributed by atoms with E-state index in [1.807, 2.05) is 25.1 Å². The number of aromatic nitrogens is 1. The number of anilines is 1. The first-order valence-electron chi connectivity index (χ1n) is 4.98. The van der Waals surface area contributed by atoms with Crippen LogP contribution in [0.4, 0.5) is 5.13 Å². The van der Waals surface area contributed by atoms with Gasteiger partial charge in [-0.1, -0.05) is 23.5 Å². The SMILES string of the molecule is Cc1cccc2sc(NCCC(=O)O)nc12. The van der Waals surface area contributed by atoms with Crippen LogP contribution < -0.4 is 5.32 Å². The first-order valence-corrected chi connectivity index (χ1v) is 5.80. The molecule has 0 bridgehead atoms. The van der Waals surface area contributed by atoms with E-state index in [9.17, 15) is 4.79 Å². The molecule has 4 nitrogen and oxygen atoms in total. The van der Waals surface area contributed by atoms with Gasteiger partial charge in [0.05, 0.1) is 16.6 Å². The number of carboxylic acid groups (broad SMARTS) is 1. The summed E-state index contributed by atoms with van der Waals surface area (Å²) < 4.78 is 1.12. The Bertz CT molecular complexity index is 522. The van der Waals surface area contributed by atoms with E-state index in [4.69, 9.17) is 5.11 Å². The molecule has 16 heavy (non-hydrogen) atoms. The van der Waals surface area contributed by atoms with E-state index in [-0.39, 0.29) is 6.42 Å². The Morgan fingerprint density at radius 2 is 2.38 bits per heavy atom. The van der Waals surface area contributed by atoms with Crippen molar-refractivity contribution in [1.82, 2.24) is 4.98 Å². The van der Waals surface area contributed by atoms with E-state index in [1.54, 1.807) is 11.3 Å². The third kappa shape index (κ3) is 2.30. The van der Waals surface area contributed by atoms with Crippen LogP contribution in [-0.4, -0.2) is 22.6 Å².